The first-order chi connectivity index (χ1) is 10.1. The van der Waals surface area contributed by atoms with E-state index in [1.54, 1.807) is 13.0 Å². The molecule has 6 nitrogen and oxygen atoms in total. The van der Waals surface area contributed by atoms with Crippen molar-refractivity contribution in [2.24, 2.45) is 0 Å². The molecule has 1 aromatic heterocycles. The van der Waals surface area contributed by atoms with Gasteiger partial charge in [-0.05, 0) is 38.9 Å². The zero-order chi connectivity index (χ0) is 15.2. The zero-order valence-electron chi connectivity index (χ0n) is 12.8. The number of likely N-dealkylation sites (N-methyl/N-ethyl adjacent to an activating group) is 1. The van der Waals surface area contributed by atoms with E-state index in [0.717, 1.165) is 26.1 Å². The highest BCUT2D eigenvalue weighted by atomic mass is 16.5. The van der Waals surface area contributed by atoms with Crippen LogP contribution in [0.2, 0.25) is 0 Å². The number of rotatable bonds is 5. The lowest BCUT2D eigenvalue weighted by Gasteiger charge is -2.32. The maximum Gasteiger partial charge on any atom is 0.340 e. The number of esters is 1. The predicted molar refractivity (Wildman–Crippen MR) is 83.4 cm³/mol. The van der Waals surface area contributed by atoms with E-state index in [-0.39, 0.29) is 0 Å². The van der Waals surface area contributed by atoms with Gasteiger partial charge in [-0.3, -0.25) is 0 Å². The Morgan fingerprint density at radius 3 is 3.10 bits per heavy atom. The Morgan fingerprint density at radius 2 is 2.38 bits per heavy atom. The molecular weight excluding hydrogens is 268 g/mol. The summed E-state index contributed by atoms with van der Waals surface area (Å²) in [4.78, 5) is 18.5. The normalized spacial score (nSPS) is 19.2. The van der Waals surface area contributed by atoms with Gasteiger partial charge in [-0.15, -0.1) is 0 Å². The Balaban J connectivity index is 2.06. The number of carbonyl (C=O) groups is 1. The maximum atomic E-state index is 11.8. The van der Waals surface area contributed by atoms with Gasteiger partial charge in [-0.25, -0.2) is 9.78 Å². The first kappa shape index (κ1) is 15.6. The summed E-state index contributed by atoms with van der Waals surface area (Å²) in [5, 5.41) is 3.39. The van der Waals surface area contributed by atoms with Crippen LogP contribution in [-0.2, 0) is 4.74 Å². The van der Waals surface area contributed by atoms with Crippen LogP contribution in [0.25, 0.3) is 0 Å². The minimum Gasteiger partial charge on any atom is -0.462 e. The summed E-state index contributed by atoms with van der Waals surface area (Å²) in [5.41, 5.74) is 6.52. The number of pyridine rings is 1. The van der Waals surface area contributed by atoms with Crippen molar-refractivity contribution in [2.45, 2.75) is 32.7 Å². The number of nitrogen functional groups attached to an aromatic ring is 1. The molecule has 3 N–H and O–H groups in total. The summed E-state index contributed by atoms with van der Waals surface area (Å²) in [6.45, 7) is 7.48. The fourth-order valence-corrected chi connectivity index (χ4v) is 2.60. The molecule has 0 spiro atoms. The average molecular weight is 292 g/mol. The van der Waals surface area contributed by atoms with Crippen molar-refractivity contribution < 1.29 is 9.53 Å². The van der Waals surface area contributed by atoms with Crippen molar-refractivity contribution in [2.75, 3.05) is 37.3 Å². The molecule has 0 saturated carbocycles. The number of nitrogens with two attached hydrogens (primary N) is 1. The number of hydrogen-bond donors (Lipinski definition) is 2. The maximum absolute atomic E-state index is 11.8. The number of nitrogens with one attached hydrogen (secondary N) is 1. The number of piperidine rings is 1. The molecule has 0 bridgehead atoms. The van der Waals surface area contributed by atoms with Crippen molar-refractivity contribution in [3.8, 4) is 0 Å². The average Bonchev–Trinajstić information content (AvgIpc) is 2.49. The van der Waals surface area contributed by atoms with Crippen LogP contribution in [0.1, 0.15) is 37.0 Å². The van der Waals surface area contributed by atoms with Gasteiger partial charge < -0.3 is 20.7 Å². The van der Waals surface area contributed by atoms with Gasteiger partial charge in [0, 0.05) is 12.6 Å². The molecule has 1 aliphatic heterocycles. The molecule has 1 aliphatic rings. The van der Waals surface area contributed by atoms with Gasteiger partial charge in [0.15, 0.2) is 0 Å². The largest absolute Gasteiger partial charge is 0.462 e. The van der Waals surface area contributed by atoms with Crippen LogP contribution in [0, 0.1) is 0 Å². The number of nitrogens with zero attached hydrogens (tertiary/aromatic N) is 2. The van der Waals surface area contributed by atoms with E-state index < -0.39 is 5.97 Å². The minimum absolute atomic E-state index is 0.331. The Morgan fingerprint density at radius 1 is 1.57 bits per heavy atom. The van der Waals surface area contributed by atoms with Gasteiger partial charge in [0.1, 0.15) is 5.82 Å². The molecule has 2 rings (SSSR count). The monoisotopic (exact) mass is 292 g/mol. The standard InChI is InChI=1S/C15H24N4O2/c1-3-19-7-5-6-11(10-19)18-14-8-12(13(16)9-17-14)15(20)21-4-2/h8-9,11H,3-7,10,16H2,1-2H3,(H,17,18). The van der Waals surface area contributed by atoms with Crippen LogP contribution >= 0.6 is 0 Å². The third kappa shape index (κ3) is 4.07. The van der Waals surface area contributed by atoms with E-state index in [0.29, 0.717) is 29.7 Å². The number of carbonyl (C=O) groups excluding carboxylic acids is 1. The fourth-order valence-electron chi connectivity index (χ4n) is 2.60. The molecule has 0 amide bonds. The molecular formula is C15H24N4O2. The Kier molecular flexibility index (Phi) is 5.38. The van der Waals surface area contributed by atoms with Crippen molar-refractivity contribution in [1.82, 2.24) is 9.88 Å². The minimum atomic E-state index is -0.403. The van der Waals surface area contributed by atoms with Crippen LogP contribution in [0.5, 0.6) is 0 Å². The van der Waals surface area contributed by atoms with Gasteiger partial charge in [0.05, 0.1) is 24.1 Å². The number of hydrogen-bond acceptors (Lipinski definition) is 6. The summed E-state index contributed by atoms with van der Waals surface area (Å²) in [6.07, 6.45) is 3.79. The van der Waals surface area contributed by atoms with Gasteiger partial charge in [-0.1, -0.05) is 6.92 Å². The molecule has 1 atom stereocenters. The highest BCUT2D eigenvalue weighted by Crippen LogP contribution is 2.19. The number of likely N-dealkylation sites (tertiary alicyclic amines) is 1. The van der Waals surface area contributed by atoms with E-state index in [1.807, 2.05) is 0 Å². The SMILES string of the molecule is CCOC(=O)c1cc(NC2CCCN(CC)C2)ncc1N. The van der Waals surface area contributed by atoms with E-state index in [1.165, 1.54) is 12.6 Å². The van der Waals surface area contributed by atoms with Crippen molar-refractivity contribution >= 4 is 17.5 Å². The van der Waals surface area contributed by atoms with Gasteiger partial charge in [0.2, 0.25) is 0 Å². The molecule has 1 unspecified atom stereocenters. The first-order valence-electron chi connectivity index (χ1n) is 7.55. The van der Waals surface area contributed by atoms with Gasteiger partial charge in [0.25, 0.3) is 0 Å². The molecule has 0 aliphatic carbocycles. The Bertz CT molecular complexity index is 493. The van der Waals surface area contributed by atoms with Crippen molar-refractivity contribution in [1.29, 1.82) is 0 Å². The Hall–Kier alpha value is -1.82. The van der Waals surface area contributed by atoms with E-state index in [9.17, 15) is 4.79 Å². The molecule has 6 heteroatoms. The molecule has 116 valence electrons. The molecule has 0 aromatic carbocycles. The second-order valence-electron chi connectivity index (χ2n) is 5.25. The lowest BCUT2D eigenvalue weighted by Crippen LogP contribution is -2.42. The molecule has 1 aromatic rings. The molecule has 1 saturated heterocycles. The number of aromatic nitrogens is 1. The molecule has 21 heavy (non-hydrogen) atoms. The second kappa shape index (κ2) is 7.26. The highest BCUT2D eigenvalue weighted by Gasteiger charge is 2.20. The number of anilines is 2. The first-order valence-corrected chi connectivity index (χ1v) is 7.55. The van der Waals surface area contributed by atoms with Gasteiger partial charge in [-0.2, -0.15) is 0 Å². The lowest BCUT2D eigenvalue weighted by molar-refractivity contribution is 0.0527. The summed E-state index contributed by atoms with van der Waals surface area (Å²) in [6, 6.07) is 2.03. The van der Waals surface area contributed by atoms with Crippen LogP contribution < -0.4 is 11.1 Å². The predicted octanol–water partition coefficient (Wildman–Crippen LogP) is 1.74. The van der Waals surface area contributed by atoms with Crippen molar-refractivity contribution in [3.05, 3.63) is 17.8 Å². The van der Waals surface area contributed by atoms with Crippen molar-refractivity contribution in [3.63, 3.8) is 0 Å². The molecule has 0 radical (unpaired) electrons. The molecule has 1 fully saturated rings. The summed E-state index contributed by atoms with van der Waals surface area (Å²) >= 11 is 0. The van der Waals surface area contributed by atoms with Crippen LogP contribution in [0.15, 0.2) is 12.3 Å². The molecule has 2 heterocycles. The summed E-state index contributed by atoms with van der Waals surface area (Å²) < 4.78 is 5.01. The van der Waals surface area contributed by atoms with Crippen LogP contribution in [0.3, 0.4) is 0 Å². The fraction of sp³-hybridized carbons (Fsp3) is 0.600. The van der Waals surface area contributed by atoms with Crippen LogP contribution in [-0.4, -0.2) is 48.1 Å². The lowest BCUT2D eigenvalue weighted by atomic mass is 10.1. The summed E-state index contributed by atoms with van der Waals surface area (Å²) in [7, 11) is 0. The quantitative estimate of drug-likeness (QED) is 0.805. The van der Waals surface area contributed by atoms with E-state index in [4.69, 9.17) is 10.5 Å². The summed E-state index contributed by atoms with van der Waals surface area (Å²) in [5.74, 6) is 0.273. The zero-order valence-corrected chi connectivity index (χ0v) is 12.8. The number of ether oxygens (including phenoxy) is 1. The third-order valence-corrected chi connectivity index (χ3v) is 3.73. The van der Waals surface area contributed by atoms with E-state index in [2.05, 4.69) is 22.1 Å². The smallest absolute Gasteiger partial charge is 0.340 e. The van der Waals surface area contributed by atoms with Crippen LogP contribution in [0.4, 0.5) is 11.5 Å². The second-order valence-corrected chi connectivity index (χ2v) is 5.25. The topological polar surface area (TPSA) is 80.5 Å². The Labute approximate surface area is 125 Å². The highest BCUT2D eigenvalue weighted by molar-refractivity contribution is 5.95. The van der Waals surface area contributed by atoms with Gasteiger partial charge >= 0.3 is 5.97 Å². The van der Waals surface area contributed by atoms with E-state index >= 15 is 0 Å². The third-order valence-electron chi connectivity index (χ3n) is 3.73.